The molecule has 0 atom stereocenters. The van der Waals surface area contributed by atoms with Crippen molar-refractivity contribution in [3.8, 4) is 11.1 Å². The maximum atomic E-state index is 4.59. The second kappa shape index (κ2) is 4.17. The Hall–Kier alpha value is -2.68. The average molecular weight is 259 g/mol. The number of nitrogens with zero attached hydrogens (tertiary/aromatic N) is 3. The Labute approximate surface area is 116 Å². The summed E-state index contributed by atoms with van der Waals surface area (Å²) >= 11 is 0. The summed E-state index contributed by atoms with van der Waals surface area (Å²) in [6, 6.07) is 14.5. The second-order valence-corrected chi connectivity index (χ2v) is 4.90. The van der Waals surface area contributed by atoms with Crippen molar-refractivity contribution in [2.45, 2.75) is 6.92 Å². The molecule has 0 amide bonds. The zero-order valence-corrected chi connectivity index (χ0v) is 11.1. The highest BCUT2D eigenvalue weighted by Gasteiger charge is 2.13. The number of aryl methyl sites for hydroxylation is 1. The third kappa shape index (κ3) is 1.53. The minimum absolute atomic E-state index is 1.02. The van der Waals surface area contributed by atoms with Crippen molar-refractivity contribution in [2.24, 2.45) is 0 Å². The highest BCUT2D eigenvalue weighted by molar-refractivity contribution is 6.00. The molecular formula is C17H13N3. The lowest BCUT2D eigenvalue weighted by Crippen LogP contribution is -1.85. The highest BCUT2D eigenvalue weighted by Crippen LogP contribution is 2.32. The molecule has 4 aromatic rings. The molecule has 0 spiro atoms. The molecule has 96 valence electrons. The monoisotopic (exact) mass is 259 g/mol. The number of pyridine rings is 2. The summed E-state index contributed by atoms with van der Waals surface area (Å²) in [6.45, 7) is 2.05. The van der Waals surface area contributed by atoms with Crippen LogP contribution in [-0.4, -0.2) is 14.6 Å². The van der Waals surface area contributed by atoms with Crippen molar-refractivity contribution in [2.75, 3.05) is 0 Å². The van der Waals surface area contributed by atoms with E-state index >= 15 is 0 Å². The van der Waals surface area contributed by atoms with Crippen molar-refractivity contribution in [3.05, 3.63) is 66.7 Å². The van der Waals surface area contributed by atoms with E-state index in [2.05, 4.69) is 34.3 Å². The molecule has 3 heterocycles. The van der Waals surface area contributed by atoms with E-state index in [1.807, 2.05) is 48.2 Å². The van der Waals surface area contributed by atoms with Crippen LogP contribution < -0.4 is 0 Å². The summed E-state index contributed by atoms with van der Waals surface area (Å²) < 4.78 is 1.92. The predicted octanol–water partition coefficient (Wildman–Crippen LogP) is 3.86. The average Bonchev–Trinajstić information content (AvgIpc) is 2.82. The van der Waals surface area contributed by atoms with E-state index in [1.54, 1.807) is 0 Å². The van der Waals surface area contributed by atoms with Crippen LogP contribution in [0.25, 0.3) is 27.4 Å². The molecule has 0 N–H and O–H groups in total. The van der Waals surface area contributed by atoms with Crippen LogP contribution >= 0.6 is 0 Å². The maximum absolute atomic E-state index is 4.59. The predicted molar refractivity (Wildman–Crippen MR) is 80.7 cm³/mol. The van der Waals surface area contributed by atoms with Crippen LogP contribution in [0.5, 0.6) is 0 Å². The van der Waals surface area contributed by atoms with E-state index in [-0.39, 0.29) is 0 Å². The van der Waals surface area contributed by atoms with Gasteiger partial charge in [0.05, 0.1) is 11.2 Å². The molecule has 3 aromatic heterocycles. The quantitative estimate of drug-likeness (QED) is 0.519. The topological polar surface area (TPSA) is 30.2 Å². The maximum Gasteiger partial charge on any atom is 0.0743 e. The van der Waals surface area contributed by atoms with Gasteiger partial charge >= 0.3 is 0 Å². The summed E-state index contributed by atoms with van der Waals surface area (Å²) in [4.78, 5) is 4.38. The fourth-order valence-corrected chi connectivity index (χ4v) is 2.77. The van der Waals surface area contributed by atoms with E-state index in [9.17, 15) is 0 Å². The molecule has 4 rings (SSSR count). The van der Waals surface area contributed by atoms with Crippen molar-refractivity contribution in [1.82, 2.24) is 14.6 Å². The van der Waals surface area contributed by atoms with E-state index in [4.69, 9.17) is 0 Å². The van der Waals surface area contributed by atoms with Crippen LogP contribution in [-0.2, 0) is 0 Å². The molecule has 0 fully saturated rings. The summed E-state index contributed by atoms with van der Waals surface area (Å²) in [7, 11) is 0. The number of aromatic nitrogens is 3. The van der Waals surface area contributed by atoms with Gasteiger partial charge in [0.25, 0.3) is 0 Å². The van der Waals surface area contributed by atoms with Crippen LogP contribution in [0.15, 0.2) is 61.1 Å². The van der Waals surface area contributed by atoms with E-state index in [1.165, 1.54) is 5.39 Å². The minimum atomic E-state index is 1.02. The number of rotatable bonds is 1. The fraction of sp³-hybridized carbons (Fsp3) is 0.0588. The van der Waals surface area contributed by atoms with Crippen LogP contribution in [0.1, 0.15) is 5.69 Å². The smallest absolute Gasteiger partial charge is 0.0743 e. The van der Waals surface area contributed by atoms with Gasteiger partial charge in [0.2, 0.25) is 0 Å². The first-order chi connectivity index (χ1) is 9.84. The Morgan fingerprint density at radius 2 is 1.80 bits per heavy atom. The van der Waals surface area contributed by atoms with E-state index < -0.39 is 0 Å². The lowest BCUT2D eigenvalue weighted by Gasteiger charge is -2.05. The molecule has 0 bridgehead atoms. The van der Waals surface area contributed by atoms with E-state index in [0.717, 1.165) is 27.7 Å². The molecule has 0 aliphatic carbocycles. The van der Waals surface area contributed by atoms with Crippen LogP contribution in [0.3, 0.4) is 0 Å². The molecule has 3 nitrogen and oxygen atoms in total. The Bertz CT molecular complexity index is 916. The standard InChI is InChI=1S/C17H13N3/c1-12-17(16-8-4-5-9-20(16)19-12)15-11-18-10-13-6-2-3-7-14(13)15/h2-11H,1H3. The largest absolute Gasteiger partial charge is 0.263 e. The Morgan fingerprint density at radius 1 is 0.950 bits per heavy atom. The van der Waals surface area contributed by atoms with Gasteiger partial charge in [-0.2, -0.15) is 5.10 Å². The molecular weight excluding hydrogens is 246 g/mol. The lowest BCUT2D eigenvalue weighted by molar-refractivity contribution is 0.934. The molecule has 0 saturated carbocycles. The van der Waals surface area contributed by atoms with Gasteiger partial charge in [0.1, 0.15) is 0 Å². The lowest BCUT2D eigenvalue weighted by atomic mass is 10.00. The van der Waals surface area contributed by atoms with Crippen LogP contribution in [0.2, 0.25) is 0 Å². The minimum Gasteiger partial charge on any atom is -0.263 e. The van der Waals surface area contributed by atoms with Gasteiger partial charge in [-0.3, -0.25) is 4.98 Å². The summed E-state index contributed by atoms with van der Waals surface area (Å²) in [5.41, 5.74) is 4.44. The number of fused-ring (bicyclic) bond motifs is 2. The molecule has 20 heavy (non-hydrogen) atoms. The molecule has 0 radical (unpaired) electrons. The van der Waals surface area contributed by atoms with E-state index in [0.29, 0.717) is 0 Å². The Morgan fingerprint density at radius 3 is 2.75 bits per heavy atom. The molecule has 0 unspecified atom stereocenters. The van der Waals surface area contributed by atoms with Gasteiger partial charge in [0.15, 0.2) is 0 Å². The summed E-state index contributed by atoms with van der Waals surface area (Å²) in [5.74, 6) is 0. The van der Waals surface area contributed by atoms with Gasteiger partial charge < -0.3 is 0 Å². The third-order valence-corrected chi connectivity index (χ3v) is 3.65. The molecule has 0 aliphatic rings. The number of hydrogen-bond donors (Lipinski definition) is 0. The van der Waals surface area contributed by atoms with Crippen molar-refractivity contribution in [1.29, 1.82) is 0 Å². The van der Waals surface area contributed by atoms with Crippen molar-refractivity contribution >= 4 is 16.3 Å². The van der Waals surface area contributed by atoms with Gasteiger partial charge in [0, 0.05) is 35.1 Å². The van der Waals surface area contributed by atoms with Crippen molar-refractivity contribution in [3.63, 3.8) is 0 Å². The SMILES string of the molecule is Cc1nn2ccccc2c1-c1cncc2ccccc12. The molecule has 3 heteroatoms. The van der Waals surface area contributed by atoms with Crippen molar-refractivity contribution < 1.29 is 0 Å². The molecule has 0 saturated heterocycles. The van der Waals surface area contributed by atoms with Gasteiger partial charge in [-0.25, -0.2) is 4.52 Å². The normalized spacial score (nSPS) is 11.2. The highest BCUT2D eigenvalue weighted by atomic mass is 15.2. The third-order valence-electron chi connectivity index (χ3n) is 3.65. The van der Waals surface area contributed by atoms with Gasteiger partial charge in [-0.15, -0.1) is 0 Å². The first kappa shape index (κ1) is 11.2. The number of hydrogen-bond acceptors (Lipinski definition) is 2. The summed E-state index contributed by atoms with van der Waals surface area (Å²) in [5, 5.41) is 6.95. The second-order valence-electron chi connectivity index (χ2n) is 4.90. The summed E-state index contributed by atoms with van der Waals surface area (Å²) in [6.07, 6.45) is 5.81. The first-order valence-corrected chi connectivity index (χ1v) is 6.62. The fourth-order valence-electron chi connectivity index (χ4n) is 2.77. The van der Waals surface area contributed by atoms with Gasteiger partial charge in [-0.1, -0.05) is 30.3 Å². The Balaban J connectivity index is 2.14. The number of benzene rings is 1. The zero-order valence-electron chi connectivity index (χ0n) is 11.1. The Kier molecular flexibility index (Phi) is 2.33. The van der Waals surface area contributed by atoms with Crippen LogP contribution in [0.4, 0.5) is 0 Å². The first-order valence-electron chi connectivity index (χ1n) is 6.62. The zero-order chi connectivity index (χ0) is 13.5. The van der Waals surface area contributed by atoms with Gasteiger partial charge in [-0.05, 0) is 24.4 Å². The molecule has 0 aliphatic heterocycles. The van der Waals surface area contributed by atoms with Crippen LogP contribution in [0, 0.1) is 6.92 Å². The molecule has 1 aromatic carbocycles.